The van der Waals surface area contributed by atoms with Crippen LogP contribution in [0.25, 0.3) is 0 Å². The number of ether oxygens (including phenoxy) is 1. The summed E-state index contributed by atoms with van der Waals surface area (Å²) in [6, 6.07) is 0.530. The maximum Gasteiger partial charge on any atom is 0.191 e. The molecule has 0 spiro atoms. The molecule has 0 saturated carbocycles. The first-order valence-electron chi connectivity index (χ1n) is 9.63. The van der Waals surface area contributed by atoms with Gasteiger partial charge in [-0.1, -0.05) is 11.8 Å². The molecule has 2 fully saturated rings. The molecule has 0 bridgehead atoms. The number of halogens is 1. The lowest BCUT2D eigenvalue weighted by molar-refractivity contribution is 0.150. The van der Waals surface area contributed by atoms with Crippen LogP contribution in [0.15, 0.2) is 20.9 Å². The highest BCUT2D eigenvalue weighted by Crippen LogP contribution is 2.20. The van der Waals surface area contributed by atoms with Crippen LogP contribution < -0.4 is 10.6 Å². The third-order valence-electron chi connectivity index (χ3n) is 4.94. The lowest BCUT2D eigenvalue weighted by Crippen LogP contribution is -2.49. The molecule has 3 heterocycles. The quantitative estimate of drug-likeness (QED) is 0.179. The zero-order valence-corrected chi connectivity index (χ0v) is 20.0. The summed E-state index contributed by atoms with van der Waals surface area (Å²) in [6.45, 7) is 6.41. The van der Waals surface area contributed by atoms with Gasteiger partial charge in [-0.05, 0) is 31.6 Å². The fraction of sp³-hybridized carbons (Fsp3) is 0.778. The van der Waals surface area contributed by atoms with Gasteiger partial charge < -0.3 is 20.3 Å². The smallest absolute Gasteiger partial charge is 0.191 e. The number of aromatic nitrogens is 1. The van der Waals surface area contributed by atoms with E-state index in [1.807, 2.05) is 30.4 Å². The highest BCUT2D eigenvalue weighted by molar-refractivity contribution is 14.0. The topological polar surface area (TPSA) is 61.8 Å². The average molecular weight is 526 g/mol. The molecule has 2 saturated heterocycles. The minimum Gasteiger partial charge on any atom is -0.381 e. The minimum atomic E-state index is 0. The molecule has 9 heteroatoms. The number of rotatable bonds is 8. The Morgan fingerprint density at radius 1 is 1.41 bits per heavy atom. The van der Waals surface area contributed by atoms with Gasteiger partial charge in [-0.2, -0.15) is 0 Å². The average Bonchev–Trinajstić information content (AvgIpc) is 3.36. The second kappa shape index (κ2) is 13.2. The van der Waals surface area contributed by atoms with Crippen LogP contribution in [0.4, 0.5) is 0 Å². The highest BCUT2D eigenvalue weighted by Gasteiger charge is 2.24. The van der Waals surface area contributed by atoms with Crippen molar-refractivity contribution in [2.45, 2.75) is 36.1 Å². The number of aliphatic imine (C=N–C) groups is 1. The number of hydrogen-bond acceptors (Lipinski definition) is 6. The Bertz CT molecular complexity index is 532. The molecule has 6 nitrogen and oxygen atoms in total. The maximum atomic E-state index is 5.50. The summed E-state index contributed by atoms with van der Waals surface area (Å²) >= 11 is 3.54. The van der Waals surface area contributed by atoms with Crippen LogP contribution in [-0.4, -0.2) is 74.1 Å². The Labute approximate surface area is 188 Å². The molecular weight excluding hydrogens is 493 g/mol. The molecule has 2 N–H and O–H groups in total. The second-order valence-electron chi connectivity index (χ2n) is 6.95. The van der Waals surface area contributed by atoms with Crippen molar-refractivity contribution in [1.29, 1.82) is 0 Å². The van der Waals surface area contributed by atoms with E-state index in [9.17, 15) is 0 Å². The zero-order chi connectivity index (χ0) is 18.0. The number of hydrogen-bond donors (Lipinski definition) is 2. The van der Waals surface area contributed by atoms with Crippen molar-refractivity contribution in [2.24, 2.45) is 10.9 Å². The Morgan fingerprint density at radius 2 is 2.26 bits per heavy atom. The number of thioether (sulfide) groups is 1. The van der Waals surface area contributed by atoms with Gasteiger partial charge in [0.1, 0.15) is 4.34 Å². The maximum absolute atomic E-state index is 5.50. The molecule has 0 aromatic carbocycles. The van der Waals surface area contributed by atoms with Crippen molar-refractivity contribution in [2.75, 3.05) is 52.2 Å². The fourth-order valence-electron chi connectivity index (χ4n) is 3.46. The van der Waals surface area contributed by atoms with E-state index >= 15 is 0 Å². The number of likely N-dealkylation sites (tertiary alicyclic amines) is 1. The van der Waals surface area contributed by atoms with E-state index in [1.165, 1.54) is 38.9 Å². The number of nitrogens with zero attached hydrogens (tertiary/aromatic N) is 3. The molecule has 154 valence electrons. The van der Waals surface area contributed by atoms with Gasteiger partial charge in [0.05, 0.1) is 6.61 Å². The van der Waals surface area contributed by atoms with Crippen molar-refractivity contribution in [3.05, 3.63) is 11.6 Å². The molecule has 1 atom stereocenters. The van der Waals surface area contributed by atoms with Crippen LogP contribution >= 0.6 is 47.1 Å². The minimum absolute atomic E-state index is 0. The summed E-state index contributed by atoms with van der Waals surface area (Å²) in [5, 5.41) is 9.07. The molecule has 0 amide bonds. The standard InChI is InChI=1S/C18H31N5OS2.HI/c1-19-17(20-6-2-11-25-18-21-7-12-26-18)22-16-3-8-23(9-4-16)13-15-5-10-24-14-15;/h7,12,15-16H,2-6,8-11,13-14H2,1H3,(H2,19,20,22);1H. The molecule has 1 aromatic rings. The van der Waals surface area contributed by atoms with Gasteiger partial charge in [0.25, 0.3) is 0 Å². The summed E-state index contributed by atoms with van der Waals surface area (Å²) in [7, 11) is 1.86. The first-order valence-corrected chi connectivity index (χ1v) is 11.5. The summed E-state index contributed by atoms with van der Waals surface area (Å²) in [6.07, 6.45) is 6.58. The predicted octanol–water partition coefficient (Wildman–Crippen LogP) is 2.91. The van der Waals surface area contributed by atoms with E-state index in [0.717, 1.165) is 48.1 Å². The van der Waals surface area contributed by atoms with Crippen molar-refractivity contribution < 1.29 is 4.74 Å². The Hall–Kier alpha value is -0.100. The van der Waals surface area contributed by atoms with Crippen LogP contribution in [0.3, 0.4) is 0 Å². The molecule has 0 radical (unpaired) electrons. The summed E-state index contributed by atoms with van der Waals surface area (Å²) in [5.74, 6) is 2.77. The van der Waals surface area contributed by atoms with Crippen LogP contribution in [0.2, 0.25) is 0 Å². The third-order valence-corrected chi connectivity index (χ3v) is 6.99. The molecular formula is C18H32IN5OS2. The largest absolute Gasteiger partial charge is 0.381 e. The van der Waals surface area contributed by atoms with Gasteiger partial charge in [-0.25, -0.2) is 4.98 Å². The van der Waals surface area contributed by atoms with Gasteiger partial charge >= 0.3 is 0 Å². The molecule has 1 aromatic heterocycles. The molecule has 3 rings (SSSR count). The van der Waals surface area contributed by atoms with E-state index in [1.54, 1.807) is 11.3 Å². The third kappa shape index (κ3) is 8.43. The van der Waals surface area contributed by atoms with Crippen molar-refractivity contribution in [1.82, 2.24) is 20.5 Å². The fourth-order valence-corrected chi connectivity index (χ4v) is 5.11. The summed E-state index contributed by atoms with van der Waals surface area (Å²) < 4.78 is 6.65. The van der Waals surface area contributed by atoms with Gasteiger partial charge in [-0.3, -0.25) is 4.99 Å². The number of guanidine groups is 1. The Balaban J connectivity index is 0.00000261. The molecule has 27 heavy (non-hydrogen) atoms. The van der Waals surface area contributed by atoms with E-state index < -0.39 is 0 Å². The number of thiazole rings is 1. The first kappa shape index (κ1) is 23.2. The molecule has 2 aliphatic rings. The van der Waals surface area contributed by atoms with Crippen molar-refractivity contribution >= 4 is 53.0 Å². The van der Waals surface area contributed by atoms with Gasteiger partial charge in [0.15, 0.2) is 5.96 Å². The normalized spacial score (nSPS) is 21.8. The van der Waals surface area contributed by atoms with Gasteiger partial charge in [0, 0.05) is 63.2 Å². The van der Waals surface area contributed by atoms with E-state index in [0.29, 0.717) is 6.04 Å². The summed E-state index contributed by atoms with van der Waals surface area (Å²) in [4.78, 5) is 11.3. The van der Waals surface area contributed by atoms with Crippen LogP contribution in [0.1, 0.15) is 25.7 Å². The molecule has 1 unspecified atom stereocenters. The predicted molar refractivity (Wildman–Crippen MR) is 126 cm³/mol. The highest BCUT2D eigenvalue weighted by atomic mass is 127. The van der Waals surface area contributed by atoms with Crippen molar-refractivity contribution in [3.63, 3.8) is 0 Å². The van der Waals surface area contributed by atoms with E-state index in [4.69, 9.17) is 4.74 Å². The SMILES string of the molecule is CN=C(NCCCSc1nccs1)NC1CCN(CC2CCOC2)CC1.I. The van der Waals surface area contributed by atoms with Crippen molar-refractivity contribution in [3.8, 4) is 0 Å². The second-order valence-corrected chi connectivity index (χ2v) is 9.18. The van der Waals surface area contributed by atoms with Crippen LogP contribution in [0.5, 0.6) is 0 Å². The lowest BCUT2D eigenvalue weighted by Gasteiger charge is -2.34. The van der Waals surface area contributed by atoms with Crippen LogP contribution in [-0.2, 0) is 4.74 Å². The van der Waals surface area contributed by atoms with Gasteiger partial charge in [-0.15, -0.1) is 35.3 Å². The molecule has 0 aliphatic carbocycles. The van der Waals surface area contributed by atoms with E-state index in [2.05, 4.69) is 25.5 Å². The first-order chi connectivity index (χ1) is 12.8. The zero-order valence-electron chi connectivity index (χ0n) is 16.1. The van der Waals surface area contributed by atoms with E-state index in [-0.39, 0.29) is 24.0 Å². The molecule has 2 aliphatic heterocycles. The Morgan fingerprint density at radius 3 is 2.93 bits per heavy atom. The number of piperidine rings is 1. The van der Waals surface area contributed by atoms with Gasteiger partial charge in [0.2, 0.25) is 0 Å². The number of nitrogens with one attached hydrogen (secondary N) is 2. The van der Waals surface area contributed by atoms with Crippen LogP contribution in [0, 0.1) is 5.92 Å². The monoisotopic (exact) mass is 525 g/mol. The summed E-state index contributed by atoms with van der Waals surface area (Å²) in [5.41, 5.74) is 0. The Kier molecular flexibility index (Phi) is 11.3. The lowest BCUT2D eigenvalue weighted by atomic mass is 10.0.